The van der Waals surface area contributed by atoms with Gasteiger partial charge in [-0.1, -0.05) is 18.2 Å². The van der Waals surface area contributed by atoms with E-state index < -0.39 is 10.0 Å². The van der Waals surface area contributed by atoms with Crippen molar-refractivity contribution in [2.24, 2.45) is 5.92 Å². The third kappa shape index (κ3) is 4.00. The Hall–Kier alpha value is -1.97. The van der Waals surface area contributed by atoms with Crippen LogP contribution in [0.3, 0.4) is 0 Å². The normalized spacial score (nSPS) is 21.1. The molecule has 0 spiro atoms. The minimum atomic E-state index is -3.34. The highest BCUT2D eigenvalue weighted by Crippen LogP contribution is 2.19. The van der Waals surface area contributed by atoms with Gasteiger partial charge in [-0.3, -0.25) is 9.89 Å². The van der Waals surface area contributed by atoms with Crippen LogP contribution < -0.4 is 5.32 Å². The first-order valence-electron chi connectivity index (χ1n) is 8.06. The molecule has 1 fully saturated rings. The summed E-state index contributed by atoms with van der Waals surface area (Å²) < 4.78 is 30.7. The highest BCUT2D eigenvalue weighted by Gasteiger charge is 2.34. The van der Waals surface area contributed by atoms with Crippen molar-refractivity contribution in [3.8, 4) is 0 Å². The van der Waals surface area contributed by atoms with Gasteiger partial charge in [-0.2, -0.15) is 5.10 Å². The summed E-state index contributed by atoms with van der Waals surface area (Å²) in [6.45, 7) is 0.647. The van der Waals surface area contributed by atoms with Crippen LogP contribution in [-0.2, 0) is 26.0 Å². The molecule has 0 unspecified atom stereocenters. The Labute approximate surface area is 146 Å². The lowest BCUT2D eigenvalue weighted by Gasteiger charge is -2.21. The van der Waals surface area contributed by atoms with E-state index in [0.29, 0.717) is 13.2 Å². The Balaban J connectivity index is 1.64. The van der Waals surface area contributed by atoms with Gasteiger partial charge in [-0.15, -0.1) is 0 Å². The Morgan fingerprint density at radius 2 is 2.12 bits per heavy atom. The van der Waals surface area contributed by atoms with E-state index in [1.54, 1.807) is 0 Å². The number of aromatic amines is 1. The molecule has 25 heavy (non-hydrogen) atoms. The number of nitrogens with one attached hydrogen (secondary N) is 2. The summed E-state index contributed by atoms with van der Waals surface area (Å²) in [5.41, 5.74) is 1.55. The Morgan fingerprint density at radius 1 is 1.36 bits per heavy atom. The molecule has 2 atom stereocenters. The number of rotatable bonds is 6. The summed E-state index contributed by atoms with van der Waals surface area (Å²) >= 11 is 0. The van der Waals surface area contributed by atoms with Gasteiger partial charge in [0.1, 0.15) is 0 Å². The second-order valence-electron chi connectivity index (χ2n) is 6.43. The molecule has 0 bridgehead atoms. The molecule has 1 aliphatic heterocycles. The molecule has 0 radical (unpaired) electrons. The van der Waals surface area contributed by atoms with Gasteiger partial charge in [0, 0.05) is 25.4 Å². The van der Waals surface area contributed by atoms with Gasteiger partial charge in [0.2, 0.25) is 15.9 Å². The predicted molar refractivity (Wildman–Crippen MR) is 93.5 cm³/mol. The molecular weight excluding hydrogens is 344 g/mol. The SMILES string of the molecule is CN(C)S(=O)(=O)C[C@@H]1COC[C@H]1NC(=O)Cc1[nH]nc2ccccc12. The van der Waals surface area contributed by atoms with Gasteiger partial charge in [0.25, 0.3) is 0 Å². The molecule has 3 rings (SSSR count). The van der Waals surface area contributed by atoms with Gasteiger partial charge in [0.05, 0.1) is 42.6 Å². The average Bonchev–Trinajstić information content (AvgIpc) is 3.15. The first-order valence-corrected chi connectivity index (χ1v) is 9.67. The summed E-state index contributed by atoms with van der Waals surface area (Å²) in [6.07, 6.45) is 0.157. The summed E-state index contributed by atoms with van der Waals surface area (Å²) in [5.74, 6) is -0.482. The number of ether oxygens (including phenoxy) is 1. The number of hydrogen-bond donors (Lipinski definition) is 2. The monoisotopic (exact) mass is 366 g/mol. The van der Waals surface area contributed by atoms with Gasteiger partial charge in [0.15, 0.2) is 0 Å². The molecule has 1 aromatic carbocycles. The van der Waals surface area contributed by atoms with E-state index in [2.05, 4.69) is 15.5 Å². The quantitative estimate of drug-likeness (QED) is 0.756. The number of amides is 1. The van der Waals surface area contributed by atoms with Crippen molar-refractivity contribution in [1.82, 2.24) is 19.8 Å². The molecule has 1 saturated heterocycles. The standard InChI is InChI=1S/C16H22N4O4S/c1-20(2)25(22,23)10-11-8-24-9-15(11)17-16(21)7-14-12-5-3-4-6-13(12)18-19-14/h3-6,11,15H,7-10H2,1-2H3,(H,17,21)(H,18,19)/t11-,15+/m0/s1. The van der Waals surface area contributed by atoms with E-state index in [0.717, 1.165) is 16.6 Å². The second kappa shape index (κ2) is 7.11. The maximum atomic E-state index is 12.4. The van der Waals surface area contributed by atoms with E-state index in [9.17, 15) is 13.2 Å². The van der Waals surface area contributed by atoms with Gasteiger partial charge in [-0.05, 0) is 6.07 Å². The molecule has 1 aliphatic rings. The zero-order chi connectivity index (χ0) is 18.0. The average molecular weight is 366 g/mol. The molecule has 8 nitrogen and oxygen atoms in total. The Kier molecular flexibility index (Phi) is 5.07. The van der Waals surface area contributed by atoms with E-state index in [1.807, 2.05) is 24.3 Å². The number of carbonyl (C=O) groups is 1. The number of aromatic nitrogens is 2. The lowest BCUT2D eigenvalue weighted by atomic mass is 10.1. The second-order valence-corrected chi connectivity index (χ2v) is 8.66. The molecule has 1 aromatic heterocycles. The molecule has 2 aromatic rings. The number of nitrogens with zero attached hydrogens (tertiary/aromatic N) is 2. The number of benzene rings is 1. The molecule has 9 heteroatoms. The van der Waals surface area contributed by atoms with Crippen LogP contribution in [-0.4, -0.2) is 67.9 Å². The third-order valence-electron chi connectivity index (χ3n) is 4.40. The van der Waals surface area contributed by atoms with Crippen LogP contribution in [0.25, 0.3) is 10.9 Å². The number of sulfonamides is 1. The maximum absolute atomic E-state index is 12.4. The van der Waals surface area contributed by atoms with Crippen LogP contribution in [0, 0.1) is 5.92 Å². The Bertz CT molecular complexity index is 862. The van der Waals surface area contributed by atoms with E-state index >= 15 is 0 Å². The molecule has 0 saturated carbocycles. The van der Waals surface area contributed by atoms with Crippen molar-refractivity contribution >= 4 is 26.8 Å². The van der Waals surface area contributed by atoms with Gasteiger partial charge >= 0.3 is 0 Å². The summed E-state index contributed by atoms with van der Waals surface area (Å²) in [5, 5.41) is 10.9. The molecule has 136 valence electrons. The fourth-order valence-corrected chi connectivity index (χ4v) is 4.08. The van der Waals surface area contributed by atoms with Crippen LogP contribution in [0.2, 0.25) is 0 Å². The summed E-state index contributed by atoms with van der Waals surface area (Å²) in [4.78, 5) is 12.4. The van der Waals surface area contributed by atoms with Crippen molar-refractivity contribution in [3.05, 3.63) is 30.0 Å². The van der Waals surface area contributed by atoms with Crippen LogP contribution in [0.4, 0.5) is 0 Å². The number of fused-ring (bicyclic) bond motifs is 1. The first kappa shape index (κ1) is 17.8. The van der Waals surface area contributed by atoms with Gasteiger partial charge < -0.3 is 10.1 Å². The van der Waals surface area contributed by atoms with E-state index in [-0.39, 0.29) is 30.0 Å². The topological polar surface area (TPSA) is 104 Å². The number of para-hydroxylation sites is 1. The van der Waals surface area contributed by atoms with Crippen molar-refractivity contribution in [1.29, 1.82) is 0 Å². The van der Waals surface area contributed by atoms with Crippen molar-refractivity contribution in [2.45, 2.75) is 12.5 Å². The predicted octanol–water partition coefficient (Wildman–Crippen LogP) is 0.128. The van der Waals surface area contributed by atoms with Crippen LogP contribution in [0.1, 0.15) is 5.69 Å². The third-order valence-corrected chi connectivity index (χ3v) is 6.37. The van der Waals surface area contributed by atoms with E-state index in [1.165, 1.54) is 18.4 Å². The molecule has 1 amide bonds. The van der Waals surface area contributed by atoms with E-state index in [4.69, 9.17) is 4.74 Å². The maximum Gasteiger partial charge on any atom is 0.226 e. The smallest absolute Gasteiger partial charge is 0.226 e. The summed E-state index contributed by atoms with van der Waals surface area (Å²) in [7, 11) is -0.339. The van der Waals surface area contributed by atoms with Crippen molar-refractivity contribution < 1.29 is 17.9 Å². The number of carbonyl (C=O) groups excluding carboxylic acids is 1. The van der Waals surface area contributed by atoms with Crippen molar-refractivity contribution in [3.63, 3.8) is 0 Å². The highest BCUT2D eigenvalue weighted by molar-refractivity contribution is 7.89. The molecular formula is C16H22N4O4S. The minimum Gasteiger partial charge on any atom is -0.379 e. The molecule has 2 N–H and O–H groups in total. The zero-order valence-corrected chi connectivity index (χ0v) is 15.0. The number of hydrogen-bond acceptors (Lipinski definition) is 5. The molecule has 2 heterocycles. The largest absolute Gasteiger partial charge is 0.379 e. The van der Waals surface area contributed by atoms with Crippen LogP contribution in [0.15, 0.2) is 24.3 Å². The fourth-order valence-electron chi connectivity index (χ4n) is 2.91. The van der Waals surface area contributed by atoms with Crippen LogP contribution >= 0.6 is 0 Å². The number of H-pyrrole nitrogens is 1. The summed E-state index contributed by atoms with van der Waals surface area (Å²) in [6, 6.07) is 7.26. The highest BCUT2D eigenvalue weighted by atomic mass is 32.2. The van der Waals surface area contributed by atoms with Gasteiger partial charge in [-0.25, -0.2) is 12.7 Å². The fraction of sp³-hybridized carbons (Fsp3) is 0.500. The lowest BCUT2D eigenvalue weighted by Crippen LogP contribution is -2.44. The Morgan fingerprint density at radius 3 is 2.88 bits per heavy atom. The minimum absolute atomic E-state index is 0.0437. The van der Waals surface area contributed by atoms with Crippen molar-refractivity contribution in [2.75, 3.05) is 33.1 Å². The van der Waals surface area contributed by atoms with Crippen LogP contribution in [0.5, 0.6) is 0 Å². The zero-order valence-electron chi connectivity index (χ0n) is 14.2. The first-order chi connectivity index (χ1) is 11.9. The molecule has 0 aliphatic carbocycles. The lowest BCUT2D eigenvalue weighted by molar-refractivity contribution is -0.121.